The van der Waals surface area contributed by atoms with Crippen molar-refractivity contribution in [3.05, 3.63) is 101 Å². The van der Waals surface area contributed by atoms with Gasteiger partial charge in [0.15, 0.2) is 11.5 Å². The summed E-state index contributed by atoms with van der Waals surface area (Å²) in [7, 11) is 0. The van der Waals surface area contributed by atoms with Crippen LogP contribution in [-0.2, 0) is 17.9 Å². The number of rotatable bonds is 6. The van der Waals surface area contributed by atoms with Crippen LogP contribution < -0.4 is 14.8 Å². The van der Waals surface area contributed by atoms with Crippen LogP contribution in [0.1, 0.15) is 16.7 Å². The van der Waals surface area contributed by atoms with Crippen LogP contribution >= 0.6 is 0 Å². The third kappa shape index (κ3) is 4.34. The van der Waals surface area contributed by atoms with Gasteiger partial charge in [0, 0.05) is 35.8 Å². The summed E-state index contributed by atoms with van der Waals surface area (Å²) >= 11 is 0. The number of nitriles is 1. The summed E-state index contributed by atoms with van der Waals surface area (Å²) in [6.45, 7) is 0.888. The first kappa shape index (κ1) is 21.3. The molecule has 1 aromatic heterocycles. The van der Waals surface area contributed by atoms with E-state index in [0.29, 0.717) is 18.0 Å². The molecule has 1 aliphatic heterocycles. The number of carbonyl (C=O) groups excluding carboxylic acids is 1. The molecule has 6 nitrogen and oxygen atoms in total. The number of carbonyl (C=O) groups is 1. The number of fused-ring (bicyclic) bond motifs is 2. The average Bonchev–Trinajstić information content (AvgIpc) is 3.45. The Kier molecular flexibility index (Phi) is 5.71. The van der Waals surface area contributed by atoms with E-state index in [1.165, 1.54) is 12.1 Å². The van der Waals surface area contributed by atoms with E-state index >= 15 is 0 Å². The van der Waals surface area contributed by atoms with E-state index < -0.39 is 5.91 Å². The topological polar surface area (TPSA) is 76.3 Å². The SMILES string of the molecule is N#CC(=Cc1cn(Cc2cccc(F)c2)c2ccccc12)C(=O)NCc1ccc2c(c1)OCO2. The number of hydrogen-bond acceptors (Lipinski definition) is 4. The Labute approximate surface area is 195 Å². The van der Waals surface area contributed by atoms with Gasteiger partial charge in [-0.2, -0.15) is 5.26 Å². The van der Waals surface area contributed by atoms with Crippen molar-refractivity contribution in [3.8, 4) is 17.6 Å². The van der Waals surface area contributed by atoms with Crippen molar-refractivity contribution in [1.29, 1.82) is 5.26 Å². The van der Waals surface area contributed by atoms with Gasteiger partial charge in [-0.15, -0.1) is 0 Å². The maximum absolute atomic E-state index is 13.6. The molecule has 1 N–H and O–H groups in total. The molecule has 0 spiro atoms. The second-order valence-corrected chi connectivity index (χ2v) is 7.90. The van der Waals surface area contributed by atoms with Gasteiger partial charge in [-0.25, -0.2) is 4.39 Å². The fourth-order valence-electron chi connectivity index (χ4n) is 3.99. The van der Waals surface area contributed by atoms with Crippen LogP contribution in [-0.4, -0.2) is 17.3 Å². The maximum atomic E-state index is 13.6. The molecule has 34 heavy (non-hydrogen) atoms. The van der Waals surface area contributed by atoms with Gasteiger partial charge in [0.05, 0.1) is 0 Å². The Hall–Kier alpha value is -4.57. The molecule has 0 saturated heterocycles. The lowest BCUT2D eigenvalue weighted by Crippen LogP contribution is -2.23. The number of ether oxygens (including phenoxy) is 2. The third-order valence-electron chi connectivity index (χ3n) is 5.62. The Morgan fingerprint density at radius 3 is 2.76 bits per heavy atom. The van der Waals surface area contributed by atoms with Crippen molar-refractivity contribution in [2.75, 3.05) is 6.79 Å². The van der Waals surface area contributed by atoms with Crippen molar-refractivity contribution in [3.63, 3.8) is 0 Å². The van der Waals surface area contributed by atoms with E-state index in [0.717, 1.165) is 27.6 Å². The zero-order valence-corrected chi connectivity index (χ0v) is 18.1. The average molecular weight is 453 g/mol. The maximum Gasteiger partial charge on any atom is 0.262 e. The third-order valence-corrected chi connectivity index (χ3v) is 5.62. The molecule has 0 bridgehead atoms. The zero-order chi connectivity index (χ0) is 23.5. The van der Waals surface area contributed by atoms with Crippen LogP contribution in [0, 0.1) is 17.1 Å². The number of nitrogens with zero attached hydrogens (tertiary/aromatic N) is 2. The number of amides is 1. The van der Waals surface area contributed by atoms with E-state index in [1.807, 2.05) is 53.2 Å². The van der Waals surface area contributed by atoms with Gasteiger partial charge in [0.2, 0.25) is 6.79 Å². The van der Waals surface area contributed by atoms with Crippen molar-refractivity contribution in [1.82, 2.24) is 9.88 Å². The Bertz CT molecular complexity index is 1470. The predicted molar refractivity (Wildman–Crippen MR) is 125 cm³/mol. The molecule has 0 aliphatic carbocycles. The summed E-state index contributed by atoms with van der Waals surface area (Å²) in [5.41, 5.74) is 3.31. The van der Waals surface area contributed by atoms with Crippen LogP contribution in [0.3, 0.4) is 0 Å². The molecule has 4 aromatic rings. The Balaban J connectivity index is 1.38. The number of nitrogens with one attached hydrogen (secondary N) is 1. The van der Waals surface area contributed by atoms with E-state index in [4.69, 9.17) is 9.47 Å². The second-order valence-electron chi connectivity index (χ2n) is 7.90. The Morgan fingerprint density at radius 2 is 1.91 bits per heavy atom. The number of hydrogen-bond donors (Lipinski definition) is 1. The molecule has 168 valence electrons. The fourth-order valence-corrected chi connectivity index (χ4v) is 3.99. The van der Waals surface area contributed by atoms with Gasteiger partial charge in [0.25, 0.3) is 5.91 Å². The van der Waals surface area contributed by atoms with Gasteiger partial charge in [-0.3, -0.25) is 4.79 Å². The molecule has 5 rings (SSSR count). The molecule has 0 radical (unpaired) electrons. The van der Waals surface area contributed by atoms with Crippen molar-refractivity contribution in [2.45, 2.75) is 13.1 Å². The zero-order valence-electron chi connectivity index (χ0n) is 18.1. The first-order valence-electron chi connectivity index (χ1n) is 10.7. The lowest BCUT2D eigenvalue weighted by Gasteiger charge is -2.06. The molecular weight excluding hydrogens is 433 g/mol. The molecule has 0 unspecified atom stereocenters. The van der Waals surface area contributed by atoms with Gasteiger partial charge < -0.3 is 19.4 Å². The Morgan fingerprint density at radius 1 is 1.06 bits per heavy atom. The quantitative estimate of drug-likeness (QED) is 0.337. The van der Waals surface area contributed by atoms with Crippen LogP contribution in [0.5, 0.6) is 11.5 Å². The van der Waals surface area contributed by atoms with E-state index in [9.17, 15) is 14.4 Å². The highest BCUT2D eigenvalue weighted by molar-refractivity contribution is 6.04. The highest BCUT2D eigenvalue weighted by Gasteiger charge is 2.15. The van der Waals surface area contributed by atoms with Crippen LogP contribution in [0.2, 0.25) is 0 Å². The monoisotopic (exact) mass is 453 g/mol. The summed E-state index contributed by atoms with van der Waals surface area (Å²) in [5, 5.41) is 13.3. The molecule has 0 saturated carbocycles. The highest BCUT2D eigenvalue weighted by atomic mass is 19.1. The molecule has 7 heteroatoms. The molecule has 2 heterocycles. The summed E-state index contributed by atoms with van der Waals surface area (Å²) in [6.07, 6.45) is 3.46. The van der Waals surface area contributed by atoms with Crippen LogP contribution in [0.15, 0.2) is 78.5 Å². The summed E-state index contributed by atoms with van der Waals surface area (Å²) in [4.78, 5) is 12.8. The van der Waals surface area contributed by atoms with Gasteiger partial charge in [-0.05, 0) is 47.5 Å². The van der Waals surface area contributed by atoms with Crippen LogP contribution in [0.4, 0.5) is 4.39 Å². The lowest BCUT2D eigenvalue weighted by molar-refractivity contribution is -0.117. The van der Waals surface area contributed by atoms with Gasteiger partial charge >= 0.3 is 0 Å². The summed E-state index contributed by atoms with van der Waals surface area (Å²) < 4.78 is 26.3. The van der Waals surface area contributed by atoms with Crippen LogP contribution in [0.25, 0.3) is 17.0 Å². The predicted octanol–water partition coefficient (Wildman–Crippen LogP) is 4.78. The van der Waals surface area contributed by atoms with Gasteiger partial charge in [-0.1, -0.05) is 36.4 Å². The number of para-hydroxylation sites is 1. The number of halogens is 1. The first-order chi connectivity index (χ1) is 16.6. The number of aromatic nitrogens is 1. The van der Waals surface area contributed by atoms with Crippen molar-refractivity contribution >= 4 is 22.9 Å². The smallest absolute Gasteiger partial charge is 0.262 e. The minimum absolute atomic E-state index is 0.00518. The fraction of sp³-hybridized carbons (Fsp3) is 0.111. The molecule has 1 amide bonds. The number of benzene rings is 3. The molecule has 0 fully saturated rings. The standard InChI is InChI=1S/C27H20FN3O3/c28-22-5-3-4-19(10-22)15-31-16-21(23-6-1-2-7-24(23)31)12-20(13-29)27(32)30-14-18-8-9-25-26(11-18)34-17-33-25/h1-12,16H,14-15,17H2,(H,30,32). The normalized spacial score (nSPS) is 12.5. The molecule has 1 aliphatic rings. The highest BCUT2D eigenvalue weighted by Crippen LogP contribution is 2.32. The minimum Gasteiger partial charge on any atom is -0.454 e. The summed E-state index contributed by atoms with van der Waals surface area (Å²) in [6, 6.07) is 21.6. The molecular formula is C27H20FN3O3. The van der Waals surface area contributed by atoms with Gasteiger partial charge in [0.1, 0.15) is 17.5 Å². The largest absolute Gasteiger partial charge is 0.454 e. The second kappa shape index (κ2) is 9.12. The first-order valence-corrected chi connectivity index (χ1v) is 10.7. The summed E-state index contributed by atoms with van der Waals surface area (Å²) in [5.74, 6) is 0.540. The minimum atomic E-state index is -0.470. The van der Waals surface area contributed by atoms with E-state index in [-0.39, 0.29) is 24.7 Å². The van der Waals surface area contributed by atoms with E-state index in [2.05, 4.69) is 5.32 Å². The molecule has 0 atom stereocenters. The van der Waals surface area contributed by atoms with E-state index in [1.54, 1.807) is 24.3 Å². The van der Waals surface area contributed by atoms with Crippen molar-refractivity contribution < 1.29 is 18.7 Å². The van der Waals surface area contributed by atoms with Crippen molar-refractivity contribution in [2.24, 2.45) is 0 Å². The lowest BCUT2D eigenvalue weighted by atomic mass is 10.1. The molecule has 3 aromatic carbocycles.